The summed E-state index contributed by atoms with van der Waals surface area (Å²) in [5, 5.41) is 11.3. The Morgan fingerprint density at radius 1 is 1.19 bits per heavy atom. The van der Waals surface area contributed by atoms with Gasteiger partial charge in [-0.25, -0.2) is 0 Å². The number of rotatable bonds is 2. The van der Waals surface area contributed by atoms with Crippen molar-refractivity contribution in [1.29, 1.82) is 0 Å². The molecule has 16 heavy (non-hydrogen) atoms. The van der Waals surface area contributed by atoms with Crippen LogP contribution in [0.4, 0.5) is 0 Å². The largest absolute Gasteiger partial charge is 0.507 e. The maximum atomic E-state index is 11.2. The molecule has 2 aromatic rings. The van der Waals surface area contributed by atoms with E-state index in [4.69, 9.17) is 0 Å². The molecule has 0 aliphatic heterocycles. The SMILES string of the molecule is COC(=O)Cc1ccc(O)c2ccccc12. The van der Waals surface area contributed by atoms with Crippen molar-refractivity contribution in [3.05, 3.63) is 42.0 Å². The zero-order valence-electron chi connectivity index (χ0n) is 8.93. The zero-order chi connectivity index (χ0) is 11.5. The van der Waals surface area contributed by atoms with Crippen molar-refractivity contribution in [2.45, 2.75) is 6.42 Å². The highest BCUT2D eigenvalue weighted by molar-refractivity contribution is 5.93. The molecule has 0 fully saturated rings. The predicted octanol–water partition coefficient (Wildman–Crippen LogP) is 2.26. The minimum atomic E-state index is -0.282. The highest BCUT2D eigenvalue weighted by Crippen LogP contribution is 2.27. The summed E-state index contributed by atoms with van der Waals surface area (Å²) < 4.78 is 4.63. The molecule has 3 heteroatoms. The number of aromatic hydroxyl groups is 1. The van der Waals surface area contributed by atoms with Crippen molar-refractivity contribution >= 4 is 16.7 Å². The third kappa shape index (κ3) is 1.84. The van der Waals surface area contributed by atoms with Gasteiger partial charge in [0, 0.05) is 5.39 Å². The third-order valence-corrected chi connectivity index (χ3v) is 2.55. The maximum Gasteiger partial charge on any atom is 0.309 e. The molecule has 0 heterocycles. The van der Waals surface area contributed by atoms with Gasteiger partial charge in [-0.2, -0.15) is 0 Å². The summed E-state index contributed by atoms with van der Waals surface area (Å²) in [6.07, 6.45) is 0.220. The van der Waals surface area contributed by atoms with Crippen LogP contribution in [0.2, 0.25) is 0 Å². The molecule has 0 atom stereocenters. The van der Waals surface area contributed by atoms with Gasteiger partial charge in [-0.1, -0.05) is 30.3 Å². The Morgan fingerprint density at radius 3 is 2.56 bits per heavy atom. The molecule has 0 bridgehead atoms. The monoisotopic (exact) mass is 216 g/mol. The molecule has 3 nitrogen and oxygen atoms in total. The molecule has 0 radical (unpaired) electrons. The second-order valence-electron chi connectivity index (χ2n) is 3.54. The number of methoxy groups -OCH3 is 1. The molecule has 2 aromatic carbocycles. The van der Waals surface area contributed by atoms with E-state index in [9.17, 15) is 9.90 Å². The van der Waals surface area contributed by atoms with Crippen molar-refractivity contribution in [1.82, 2.24) is 0 Å². The topological polar surface area (TPSA) is 46.5 Å². The fourth-order valence-corrected chi connectivity index (χ4v) is 1.73. The van der Waals surface area contributed by atoms with E-state index >= 15 is 0 Å². The molecule has 2 rings (SSSR count). The molecule has 0 unspecified atom stereocenters. The fraction of sp³-hybridized carbons (Fsp3) is 0.154. The fourth-order valence-electron chi connectivity index (χ4n) is 1.73. The molecular weight excluding hydrogens is 204 g/mol. The Labute approximate surface area is 93.3 Å². The Hall–Kier alpha value is -2.03. The van der Waals surface area contributed by atoms with Crippen LogP contribution in [0.3, 0.4) is 0 Å². The lowest BCUT2D eigenvalue weighted by molar-refractivity contribution is -0.139. The van der Waals surface area contributed by atoms with Gasteiger partial charge < -0.3 is 9.84 Å². The number of carbonyl (C=O) groups excluding carboxylic acids is 1. The van der Waals surface area contributed by atoms with E-state index in [1.165, 1.54) is 7.11 Å². The number of fused-ring (bicyclic) bond motifs is 1. The van der Waals surface area contributed by atoms with Crippen LogP contribution in [0, 0.1) is 0 Å². The number of carbonyl (C=O) groups is 1. The van der Waals surface area contributed by atoms with Crippen LogP contribution >= 0.6 is 0 Å². The minimum absolute atomic E-state index is 0.220. The van der Waals surface area contributed by atoms with Crippen molar-refractivity contribution in [3.63, 3.8) is 0 Å². The second kappa shape index (κ2) is 4.23. The quantitative estimate of drug-likeness (QED) is 0.783. The lowest BCUT2D eigenvalue weighted by Gasteiger charge is -2.06. The Morgan fingerprint density at radius 2 is 1.88 bits per heavy atom. The number of ether oxygens (including phenoxy) is 1. The van der Waals surface area contributed by atoms with Crippen molar-refractivity contribution in [2.24, 2.45) is 0 Å². The molecule has 0 aromatic heterocycles. The molecule has 0 amide bonds. The standard InChI is InChI=1S/C13H12O3/c1-16-13(15)8-9-6-7-12(14)11-5-3-2-4-10(9)11/h2-7,14H,8H2,1H3. The summed E-state index contributed by atoms with van der Waals surface area (Å²) in [7, 11) is 1.37. The number of phenols is 1. The van der Waals surface area contributed by atoms with E-state index < -0.39 is 0 Å². The Kier molecular flexibility index (Phi) is 2.77. The van der Waals surface area contributed by atoms with Gasteiger partial charge in [0.2, 0.25) is 0 Å². The van der Waals surface area contributed by atoms with E-state index in [1.54, 1.807) is 12.1 Å². The summed E-state index contributed by atoms with van der Waals surface area (Å²) in [4.78, 5) is 11.2. The van der Waals surface area contributed by atoms with E-state index in [-0.39, 0.29) is 18.1 Å². The van der Waals surface area contributed by atoms with Crippen molar-refractivity contribution in [2.75, 3.05) is 7.11 Å². The van der Waals surface area contributed by atoms with E-state index in [2.05, 4.69) is 4.74 Å². The van der Waals surface area contributed by atoms with E-state index in [0.717, 1.165) is 16.3 Å². The van der Waals surface area contributed by atoms with Crippen molar-refractivity contribution < 1.29 is 14.6 Å². The van der Waals surface area contributed by atoms with Crippen LogP contribution in [-0.2, 0) is 16.0 Å². The second-order valence-corrected chi connectivity index (χ2v) is 3.54. The van der Waals surface area contributed by atoms with E-state index in [0.29, 0.717) is 0 Å². The first-order valence-corrected chi connectivity index (χ1v) is 4.99. The van der Waals surface area contributed by atoms with Gasteiger partial charge in [0.05, 0.1) is 13.5 Å². The molecule has 1 N–H and O–H groups in total. The third-order valence-electron chi connectivity index (χ3n) is 2.55. The maximum absolute atomic E-state index is 11.2. The summed E-state index contributed by atoms with van der Waals surface area (Å²) in [6.45, 7) is 0. The average molecular weight is 216 g/mol. The summed E-state index contributed by atoms with van der Waals surface area (Å²) in [6, 6.07) is 10.8. The lowest BCUT2D eigenvalue weighted by atomic mass is 10.0. The van der Waals surface area contributed by atoms with Gasteiger partial charge in [-0.3, -0.25) is 4.79 Å². The van der Waals surface area contributed by atoms with Gasteiger partial charge in [0.25, 0.3) is 0 Å². The van der Waals surface area contributed by atoms with Gasteiger partial charge in [-0.05, 0) is 17.0 Å². The molecule has 0 saturated carbocycles. The van der Waals surface area contributed by atoms with Crippen LogP contribution in [0.1, 0.15) is 5.56 Å². The molecule has 0 spiro atoms. The number of phenolic OH excluding ortho intramolecular Hbond substituents is 1. The first-order valence-electron chi connectivity index (χ1n) is 4.99. The molecule has 0 saturated heterocycles. The molecule has 0 aliphatic carbocycles. The number of esters is 1. The minimum Gasteiger partial charge on any atom is -0.507 e. The summed E-state index contributed by atoms with van der Waals surface area (Å²) in [5.41, 5.74) is 0.861. The van der Waals surface area contributed by atoms with Gasteiger partial charge in [-0.15, -0.1) is 0 Å². The summed E-state index contributed by atoms with van der Waals surface area (Å²) in [5.74, 6) is -0.0555. The van der Waals surface area contributed by atoms with E-state index in [1.807, 2.05) is 24.3 Å². The van der Waals surface area contributed by atoms with Crippen LogP contribution in [-0.4, -0.2) is 18.2 Å². The summed E-state index contributed by atoms with van der Waals surface area (Å²) >= 11 is 0. The Balaban J connectivity index is 2.54. The lowest BCUT2D eigenvalue weighted by Crippen LogP contribution is -2.04. The van der Waals surface area contributed by atoms with Gasteiger partial charge in [0.1, 0.15) is 5.75 Å². The molecule has 82 valence electrons. The van der Waals surface area contributed by atoms with Crippen LogP contribution in [0.5, 0.6) is 5.75 Å². The van der Waals surface area contributed by atoms with Crippen LogP contribution < -0.4 is 0 Å². The number of benzene rings is 2. The highest BCUT2D eigenvalue weighted by atomic mass is 16.5. The van der Waals surface area contributed by atoms with Gasteiger partial charge >= 0.3 is 5.97 Å². The first-order chi connectivity index (χ1) is 7.72. The molecular formula is C13H12O3. The molecule has 0 aliphatic rings. The highest BCUT2D eigenvalue weighted by Gasteiger charge is 2.08. The Bertz CT molecular complexity index is 532. The van der Waals surface area contributed by atoms with Gasteiger partial charge in [0.15, 0.2) is 0 Å². The first kappa shape index (κ1) is 10.5. The zero-order valence-corrected chi connectivity index (χ0v) is 8.93. The smallest absolute Gasteiger partial charge is 0.309 e. The number of hydrogen-bond donors (Lipinski definition) is 1. The van der Waals surface area contributed by atoms with Crippen LogP contribution in [0.25, 0.3) is 10.8 Å². The predicted molar refractivity (Wildman–Crippen MR) is 61.3 cm³/mol. The number of hydrogen-bond acceptors (Lipinski definition) is 3. The average Bonchev–Trinajstić information content (AvgIpc) is 2.33. The van der Waals surface area contributed by atoms with Crippen LogP contribution in [0.15, 0.2) is 36.4 Å². The van der Waals surface area contributed by atoms with Crippen molar-refractivity contribution in [3.8, 4) is 5.75 Å². The normalized spacial score (nSPS) is 10.3.